The second-order valence-corrected chi connectivity index (χ2v) is 8.56. The molecule has 174 valence electrons. The highest BCUT2D eigenvalue weighted by molar-refractivity contribution is 6.03. The molecule has 0 aliphatic carbocycles. The number of ether oxygens (including phenoxy) is 3. The molecule has 0 bridgehead atoms. The first kappa shape index (κ1) is 23.0. The number of oxazole rings is 1. The third-order valence-corrected chi connectivity index (χ3v) is 5.05. The summed E-state index contributed by atoms with van der Waals surface area (Å²) in [6.45, 7) is 5.12. The molecule has 0 N–H and O–H groups in total. The normalized spacial score (nSPS) is 11.3. The molecule has 2 aromatic heterocycles. The van der Waals surface area contributed by atoms with Crippen molar-refractivity contribution in [2.45, 2.75) is 20.8 Å². The van der Waals surface area contributed by atoms with Crippen molar-refractivity contribution >= 4 is 23.0 Å². The molecule has 0 radical (unpaired) electrons. The molecule has 4 aromatic rings. The van der Waals surface area contributed by atoms with Gasteiger partial charge in [-0.15, -0.1) is 0 Å². The first-order chi connectivity index (χ1) is 16.2. The number of hydrogen-bond acceptors (Lipinski definition) is 8. The minimum Gasteiger partial charge on any atom is -0.497 e. The summed E-state index contributed by atoms with van der Waals surface area (Å²) in [6, 6.07) is 16.4. The molecule has 0 atom stereocenters. The Morgan fingerprint density at radius 3 is 2.26 bits per heavy atom. The maximum Gasteiger partial charge on any atom is 0.360 e. The SMILES string of the molecule is COC(=O)c1nc(-c2cccc(OC)c2)c2nc(-c3ccccc3)oc2c1OC(=O)C(C)(C)C. The second kappa shape index (κ2) is 8.97. The quantitative estimate of drug-likeness (QED) is 0.370. The molecule has 0 spiro atoms. The molecule has 0 saturated carbocycles. The highest BCUT2D eigenvalue weighted by Crippen LogP contribution is 2.39. The number of nitrogens with zero attached hydrogens (tertiary/aromatic N) is 2. The molecule has 8 heteroatoms. The number of carbonyl (C=O) groups excluding carboxylic acids is 2. The van der Waals surface area contributed by atoms with Gasteiger partial charge >= 0.3 is 11.9 Å². The van der Waals surface area contributed by atoms with Crippen LogP contribution >= 0.6 is 0 Å². The van der Waals surface area contributed by atoms with Crippen molar-refractivity contribution in [3.05, 3.63) is 60.3 Å². The zero-order valence-electron chi connectivity index (χ0n) is 19.5. The van der Waals surface area contributed by atoms with Gasteiger partial charge in [-0.2, -0.15) is 0 Å². The van der Waals surface area contributed by atoms with E-state index in [1.54, 1.807) is 46.1 Å². The fraction of sp³-hybridized carbons (Fsp3) is 0.231. The van der Waals surface area contributed by atoms with Crippen LogP contribution in [0.2, 0.25) is 0 Å². The van der Waals surface area contributed by atoms with Gasteiger partial charge in [0.2, 0.25) is 17.2 Å². The van der Waals surface area contributed by atoms with E-state index in [0.717, 1.165) is 0 Å². The Hall–Kier alpha value is -4.20. The molecule has 0 fully saturated rings. The zero-order valence-corrected chi connectivity index (χ0v) is 19.5. The third kappa shape index (κ3) is 4.34. The summed E-state index contributed by atoms with van der Waals surface area (Å²) in [5, 5.41) is 0. The molecule has 8 nitrogen and oxygen atoms in total. The number of aromatic nitrogens is 2. The summed E-state index contributed by atoms with van der Waals surface area (Å²) in [6.07, 6.45) is 0. The summed E-state index contributed by atoms with van der Waals surface area (Å²) in [4.78, 5) is 34.7. The Morgan fingerprint density at radius 2 is 1.62 bits per heavy atom. The lowest BCUT2D eigenvalue weighted by atomic mass is 9.97. The van der Waals surface area contributed by atoms with E-state index in [4.69, 9.17) is 18.6 Å². The van der Waals surface area contributed by atoms with E-state index in [2.05, 4.69) is 9.97 Å². The van der Waals surface area contributed by atoms with Crippen LogP contribution in [0.3, 0.4) is 0 Å². The molecular formula is C26H24N2O6. The Balaban J connectivity index is 2.05. The number of fused-ring (bicyclic) bond motifs is 1. The first-order valence-corrected chi connectivity index (χ1v) is 10.6. The van der Waals surface area contributed by atoms with Gasteiger partial charge in [-0.1, -0.05) is 30.3 Å². The smallest absolute Gasteiger partial charge is 0.360 e. The number of hydrogen-bond donors (Lipinski definition) is 0. The third-order valence-electron chi connectivity index (χ3n) is 5.05. The van der Waals surface area contributed by atoms with Crippen molar-refractivity contribution in [1.82, 2.24) is 9.97 Å². The Labute approximate surface area is 196 Å². The molecular weight excluding hydrogens is 436 g/mol. The van der Waals surface area contributed by atoms with Gasteiger partial charge in [0, 0.05) is 11.1 Å². The lowest BCUT2D eigenvalue weighted by Crippen LogP contribution is -2.26. The van der Waals surface area contributed by atoms with Gasteiger partial charge in [0.1, 0.15) is 17.0 Å². The van der Waals surface area contributed by atoms with Gasteiger partial charge in [-0.05, 0) is 45.0 Å². The summed E-state index contributed by atoms with van der Waals surface area (Å²) in [5.74, 6) is -0.588. The van der Waals surface area contributed by atoms with Crippen LogP contribution in [0.25, 0.3) is 33.8 Å². The number of rotatable bonds is 5. The van der Waals surface area contributed by atoms with Crippen LogP contribution in [-0.2, 0) is 9.53 Å². The molecule has 2 heterocycles. The van der Waals surface area contributed by atoms with E-state index in [-0.39, 0.29) is 22.9 Å². The monoisotopic (exact) mass is 460 g/mol. The molecule has 0 unspecified atom stereocenters. The van der Waals surface area contributed by atoms with Crippen LogP contribution in [0.15, 0.2) is 59.0 Å². The highest BCUT2D eigenvalue weighted by Gasteiger charge is 2.32. The average Bonchev–Trinajstić information content (AvgIpc) is 3.29. The van der Waals surface area contributed by atoms with Gasteiger partial charge in [0.25, 0.3) is 0 Å². The van der Waals surface area contributed by atoms with Crippen LogP contribution in [0.5, 0.6) is 11.5 Å². The summed E-state index contributed by atoms with van der Waals surface area (Å²) in [7, 11) is 2.78. The number of esters is 2. The molecule has 4 rings (SSSR count). The van der Waals surface area contributed by atoms with Crippen molar-refractivity contribution in [2.75, 3.05) is 14.2 Å². The molecule has 0 amide bonds. The molecule has 0 aliphatic rings. The number of pyridine rings is 1. The maximum atomic E-state index is 12.8. The van der Waals surface area contributed by atoms with E-state index in [1.165, 1.54) is 7.11 Å². The average molecular weight is 460 g/mol. The van der Waals surface area contributed by atoms with E-state index < -0.39 is 17.4 Å². The molecule has 0 aliphatic heterocycles. The van der Waals surface area contributed by atoms with E-state index in [9.17, 15) is 9.59 Å². The van der Waals surface area contributed by atoms with Gasteiger partial charge < -0.3 is 18.6 Å². The Morgan fingerprint density at radius 1 is 0.912 bits per heavy atom. The van der Waals surface area contributed by atoms with E-state index in [1.807, 2.05) is 36.4 Å². The van der Waals surface area contributed by atoms with Crippen molar-refractivity contribution in [3.8, 4) is 34.2 Å². The van der Waals surface area contributed by atoms with E-state index in [0.29, 0.717) is 28.1 Å². The molecule has 2 aromatic carbocycles. The van der Waals surface area contributed by atoms with Crippen molar-refractivity contribution < 1.29 is 28.2 Å². The fourth-order valence-corrected chi connectivity index (χ4v) is 3.21. The van der Waals surface area contributed by atoms with Gasteiger partial charge in [0.15, 0.2) is 5.69 Å². The Bertz CT molecular complexity index is 1370. The fourth-order valence-electron chi connectivity index (χ4n) is 3.21. The van der Waals surface area contributed by atoms with Crippen molar-refractivity contribution in [1.29, 1.82) is 0 Å². The zero-order chi connectivity index (χ0) is 24.5. The van der Waals surface area contributed by atoms with Gasteiger partial charge in [-0.25, -0.2) is 14.8 Å². The summed E-state index contributed by atoms with van der Waals surface area (Å²) in [5.41, 5.74) is 1.12. The van der Waals surface area contributed by atoms with Gasteiger partial charge in [-0.3, -0.25) is 4.79 Å². The highest BCUT2D eigenvalue weighted by atomic mass is 16.6. The van der Waals surface area contributed by atoms with Crippen molar-refractivity contribution in [2.24, 2.45) is 5.41 Å². The second-order valence-electron chi connectivity index (χ2n) is 8.56. The standard InChI is InChI=1S/C26H24N2O6/c1-26(2,3)25(30)34-22-20(24(29)32-5)27-18(16-12-9-13-17(14-16)31-4)19-21(22)33-23(28-19)15-10-7-6-8-11-15/h6-14H,1-5H3. The predicted octanol–water partition coefficient (Wildman–Crippen LogP) is 5.30. The molecule has 34 heavy (non-hydrogen) atoms. The van der Waals surface area contributed by atoms with Crippen LogP contribution in [-0.4, -0.2) is 36.1 Å². The summed E-state index contributed by atoms with van der Waals surface area (Å²) < 4.78 is 22.0. The molecule has 0 saturated heterocycles. The van der Waals surface area contributed by atoms with Crippen LogP contribution in [0, 0.1) is 5.41 Å². The minimum atomic E-state index is -0.840. The Kier molecular flexibility index (Phi) is 6.06. The number of carbonyl (C=O) groups is 2. The van der Waals surface area contributed by atoms with Crippen LogP contribution < -0.4 is 9.47 Å². The van der Waals surface area contributed by atoms with Gasteiger partial charge in [0.05, 0.1) is 19.6 Å². The van der Waals surface area contributed by atoms with Crippen LogP contribution in [0.4, 0.5) is 0 Å². The summed E-state index contributed by atoms with van der Waals surface area (Å²) >= 11 is 0. The number of methoxy groups -OCH3 is 2. The number of benzene rings is 2. The van der Waals surface area contributed by atoms with E-state index >= 15 is 0 Å². The van der Waals surface area contributed by atoms with Crippen LogP contribution in [0.1, 0.15) is 31.3 Å². The largest absolute Gasteiger partial charge is 0.497 e. The first-order valence-electron chi connectivity index (χ1n) is 10.6. The van der Waals surface area contributed by atoms with Crippen molar-refractivity contribution in [3.63, 3.8) is 0 Å². The lowest BCUT2D eigenvalue weighted by molar-refractivity contribution is -0.143. The predicted molar refractivity (Wildman–Crippen MR) is 126 cm³/mol. The topological polar surface area (TPSA) is 101 Å². The lowest BCUT2D eigenvalue weighted by Gasteiger charge is -2.18. The minimum absolute atomic E-state index is 0.115. The maximum absolute atomic E-state index is 12.8.